The molecular weight excluding hydrogens is 261 g/mol. The first kappa shape index (κ1) is 18.7. The Morgan fingerprint density at radius 2 is 2.00 bits per heavy atom. The van der Waals surface area contributed by atoms with Gasteiger partial charge in [-0.3, -0.25) is 0 Å². The van der Waals surface area contributed by atoms with Gasteiger partial charge in [-0.05, 0) is 5.92 Å². The third-order valence-electron chi connectivity index (χ3n) is 2.25. The van der Waals surface area contributed by atoms with Crippen molar-refractivity contribution in [2.75, 3.05) is 13.2 Å². The lowest BCUT2D eigenvalue weighted by Crippen LogP contribution is -2.45. The standard InChI is InChI=1S/C9H17F3N2O2.ClH/c1-3-6(2)7(4-13)14-8(15)16-5-9(10,11)12;/h6-7H,3-5,13H2,1-2H3,(H,14,15);1H/t6-,7+;/m0./s1. The van der Waals surface area contributed by atoms with Crippen LogP contribution < -0.4 is 11.1 Å². The molecule has 0 saturated carbocycles. The van der Waals surface area contributed by atoms with Gasteiger partial charge in [0.25, 0.3) is 0 Å². The lowest BCUT2D eigenvalue weighted by atomic mass is 10.00. The van der Waals surface area contributed by atoms with Crippen LogP contribution in [0.1, 0.15) is 20.3 Å². The van der Waals surface area contributed by atoms with E-state index in [4.69, 9.17) is 5.73 Å². The SMILES string of the molecule is CC[C@H](C)[C@@H](CN)NC(=O)OCC(F)(F)F.Cl. The molecule has 0 fully saturated rings. The van der Waals surface area contributed by atoms with E-state index in [0.29, 0.717) is 0 Å². The summed E-state index contributed by atoms with van der Waals surface area (Å²) >= 11 is 0. The fraction of sp³-hybridized carbons (Fsp3) is 0.889. The predicted octanol–water partition coefficient (Wildman–Crippen LogP) is 2.07. The van der Waals surface area contributed by atoms with Crippen molar-refractivity contribution in [1.29, 1.82) is 0 Å². The van der Waals surface area contributed by atoms with Crippen molar-refractivity contribution >= 4 is 18.5 Å². The van der Waals surface area contributed by atoms with E-state index in [9.17, 15) is 18.0 Å². The monoisotopic (exact) mass is 278 g/mol. The van der Waals surface area contributed by atoms with Crippen LogP contribution >= 0.6 is 12.4 Å². The normalized spacial score (nSPS) is 14.5. The van der Waals surface area contributed by atoms with Gasteiger partial charge in [0, 0.05) is 12.6 Å². The van der Waals surface area contributed by atoms with Gasteiger partial charge < -0.3 is 15.8 Å². The first-order valence-corrected chi connectivity index (χ1v) is 5.00. The summed E-state index contributed by atoms with van der Waals surface area (Å²) < 4.78 is 39.2. The topological polar surface area (TPSA) is 64.3 Å². The Balaban J connectivity index is 0. The summed E-state index contributed by atoms with van der Waals surface area (Å²) in [6.07, 6.45) is -4.83. The lowest BCUT2D eigenvalue weighted by Gasteiger charge is -2.22. The molecule has 2 atom stereocenters. The van der Waals surface area contributed by atoms with E-state index in [2.05, 4.69) is 10.1 Å². The molecule has 0 rings (SSSR count). The number of hydrogen-bond acceptors (Lipinski definition) is 3. The number of rotatable bonds is 5. The number of nitrogens with two attached hydrogens (primary N) is 1. The number of alkyl halides is 3. The Bertz CT molecular complexity index is 227. The number of nitrogens with one attached hydrogen (secondary N) is 1. The van der Waals surface area contributed by atoms with Crippen LogP contribution in [0.3, 0.4) is 0 Å². The fourth-order valence-corrected chi connectivity index (χ4v) is 1.06. The van der Waals surface area contributed by atoms with E-state index in [1.165, 1.54) is 0 Å². The van der Waals surface area contributed by atoms with Gasteiger partial charge in [0.1, 0.15) is 0 Å². The van der Waals surface area contributed by atoms with Crippen LogP contribution in [0.5, 0.6) is 0 Å². The second kappa shape index (κ2) is 8.41. The molecule has 0 aromatic rings. The molecule has 0 spiro atoms. The average molecular weight is 279 g/mol. The lowest BCUT2D eigenvalue weighted by molar-refractivity contribution is -0.160. The molecule has 1 amide bonds. The zero-order valence-electron chi connectivity index (χ0n) is 9.71. The first-order valence-electron chi connectivity index (χ1n) is 5.00. The van der Waals surface area contributed by atoms with Crippen LogP contribution in [0.25, 0.3) is 0 Å². The van der Waals surface area contributed by atoms with E-state index < -0.39 is 18.9 Å². The smallest absolute Gasteiger partial charge is 0.422 e. The maximum Gasteiger partial charge on any atom is 0.422 e. The van der Waals surface area contributed by atoms with Crippen molar-refractivity contribution in [3.63, 3.8) is 0 Å². The van der Waals surface area contributed by atoms with Gasteiger partial charge in [0.15, 0.2) is 6.61 Å². The van der Waals surface area contributed by atoms with Crippen molar-refractivity contribution in [2.45, 2.75) is 32.5 Å². The Kier molecular flexibility index (Phi) is 9.23. The number of carbonyl (C=O) groups excluding carboxylic acids is 1. The molecule has 0 unspecified atom stereocenters. The molecule has 0 aliphatic rings. The molecule has 3 N–H and O–H groups in total. The molecule has 8 heteroatoms. The number of alkyl carbamates (subject to hydrolysis) is 1. The minimum Gasteiger partial charge on any atom is -0.440 e. The summed E-state index contributed by atoms with van der Waals surface area (Å²) in [5.74, 6) is 0.0865. The summed E-state index contributed by atoms with van der Waals surface area (Å²) in [7, 11) is 0. The molecule has 104 valence electrons. The largest absolute Gasteiger partial charge is 0.440 e. The highest BCUT2D eigenvalue weighted by Crippen LogP contribution is 2.14. The third kappa shape index (κ3) is 9.05. The van der Waals surface area contributed by atoms with Gasteiger partial charge in [-0.1, -0.05) is 20.3 Å². The maximum atomic E-state index is 11.7. The molecule has 0 aliphatic carbocycles. The van der Waals surface area contributed by atoms with Crippen LogP contribution in [0.15, 0.2) is 0 Å². The maximum absolute atomic E-state index is 11.7. The van der Waals surface area contributed by atoms with E-state index in [1.807, 2.05) is 13.8 Å². The number of ether oxygens (including phenoxy) is 1. The molecular formula is C9H18ClF3N2O2. The highest BCUT2D eigenvalue weighted by atomic mass is 35.5. The molecule has 0 saturated heterocycles. The molecule has 0 heterocycles. The molecule has 0 aromatic carbocycles. The van der Waals surface area contributed by atoms with Gasteiger partial charge in [0.2, 0.25) is 0 Å². The zero-order valence-corrected chi connectivity index (χ0v) is 10.5. The quantitative estimate of drug-likeness (QED) is 0.809. The van der Waals surface area contributed by atoms with Gasteiger partial charge in [-0.15, -0.1) is 12.4 Å². The second-order valence-electron chi connectivity index (χ2n) is 3.56. The van der Waals surface area contributed by atoms with Gasteiger partial charge >= 0.3 is 12.3 Å². The Morgan fingerprint density at radius 3 is 2.35 bits per heavy atom. The molecule has 4 nitrogen and oxygen atoms in total. The predicted molar refractivity (Wildman–Crippen MR) is 60.1 cm³/mol. The molecule has 0 bridgehead atoms. The number of halogens is 4. The Labute approximate surface area is 104 Å². The Morgan fingerprint density at radius 1 is 1.47 bits per heavy atom. The molecule has 0 aromatic heterocycles. The van der Waals surface area contributed by atoms with Crippen LogP contribution in [-0.4, -0.2) is 31.5 Å². The highest BCUT2D eigenvalue weighted by Gasteiger charge is 2.30. The average Bonchev–Trinajstić information content (AvgIpc) is 2.21. The summed E-state index contributed by atoms with van der Waals surface area (Å²) in [5, 5.41) is 2.30. The second-order valence-corrected chi connectivity index (χ2v) is 3.56. The van der Waals surface area contributed by atoms with Crippen LogP contribution in [0.4, 0.5) is 18.0 Å². The van der Waals surface area contributed by atoms with Crippen molar-refractivity contribution < 1.29 is 22.7 Å². The van der Waals surface area contributed by atoms with Crippen LogP contribution in [0.2, 0.25) is 0 Å². The van der Waals surface area contributed by atoms with Crippen molar-refractivity contribution in [2.24, 2.45) is 11.7 Å². The number of amides is 1. The highest BCUT2D eigenvalue weighted by molar-refractivity contribution is 5.85. The summed E-state index contributed by atoms with van der Waals surface area (Å²) in [6, 6.07) is -0.370. The minimum atomic E-state index is -4.51. The van der Waals surface area contributed by atoms with E-state index >= 15 is 0 Å². The van der Waals surface area contributed by atoms with Crippen LogP contribution in [0, 0.1) is 5.92 Å². The van der Waals surface area contributed by atoms with Crippen molar-refractivity contribution in [3.05, 3.63) is 0 Å². The first-order chi connectivity index (χ1) is 7.30. The number of carbonyl (C=O) groups is 1. The van der Waals surface area contributed by atoms with Crippen molar-refractivity contribution in [3.8, 4) is 0 Å². The summed E-state index contributed by atoms with van der Waals surface area (Å²) in [5.41, 5.74) is 5.39. The summed E-state index contributed by atoms with van der Waals surface area (Å²) in [6.45, 7) is 2.32. The Hall–Kier alpha value is -0.690. The third-order valence-corrected chi connectivity index (χ3v) is 2.25. The van der Waals surface area contributed by atoms with E-state index in [1.54, 1.807) is 0 Å². The van der Waals surface area contributed by atoms with Gasteiger partial charge in [-0.25, -0.2) is 4.79 Å². The zero-order chi connectivity index (χ0) is 12.8. The van der Waals surface area contributed by atoms with Crippen molar-refractivity contribution in [1.82, 2.24) is 5.32 Å². The van der Waals surface area contributed by atoms with E-state index in [0.717, 1.165) is 6.42 Å². The van der Waals surface area contributed by atoms with Gasteiger partial charge in [0.05, 0.1) is 0 Å². The molecule has 0 aliphatic heterocycles. The van der Waals surface area contributed by atoms with Crippen LogP contribution in [-0.2, 0) is 4.74 Å². The summed E-state index contributed by atoms with van der Waals surface area (Å²) in [4.78, 5) is 11.0. The fourth-order valence-electron chi connectivity index (χ4n) is 1.06. The minimum absolute atomic E-state index is 0. The molecule has 0 radical (unpaired) electrons. The van der Waals surface area contributed by atoms with E-state index in [-0.39, 0.29) is 30.9 Å². The molecule has 17 heavy (non-hydrogen) atoms. The van der Waals surface area contributed by atoms with Gasteiger partial charge in [-0.2, -0.15) is 13.2 Å². The number of hydrogen-bond donors (Lipinski definition) is 2.